The van der Waals surface area contributed by atoms with Crippen LogP contribution in [0.2, 0.25) is 0 Å². The highest BCUT2D eigenvalue weighted by Crippen LogP contribution is 2.38. The number of H-pyrrole nitrogens is 1. The number of carbonyl (C=O) groups is 3. The van der Waals surface area contributed by atoms with Crippen LogP contribution in [0.4, 0.5) is 10.5 Å². The van der Waals surface area contributed by atoms with Crippen LogP contribution in [0, 0.1) is 0 Å². The molecule has 1 aliphatic carbocycles. The molecule has 1 saturated heterocycles. The van der Waals surface area contributed by atoms with E-state index >= 15 is 0 Å². The van der Waals surface area contributed by atoms with Crippen molar-refractivity contribution in [1.29, 1.82) is 0 Å². The lowest BCUT2D eigenvalue weighted by molar-refractivity contribution is -0.122. The first-order valence-corrected chi connectivity index (χ1v) is 12.9. The molecule has 1 fully saturated rings. The summed E-state index contributed by atoms with van der Waals surface area (Å²) in [7, 11) is 2.96. The van der Waals surface area contributed by atoms with Crippen molar-refractivity contribution >= 4 is 41.2 Å². The smallest absolute Gasteiger partial charge is 0.335 e. The van der Waals surface area contributed by atoms with Crippen LogP contribution in [0.1, 0.15) is 18.4 Å². The van der Waals surface area contributed by atoms with Gasteiger partial charge in [0.25, 0.3) is 17.4 Å². The molecule has 0 radical (unpaired) electrons. The standard InChI is InChI=1S/C29H23ClN4O8/c1-41-19-9-5-17(6-10-19)33-26(37)21(24(35)31-28(33)39)13-15-3-4-16(23(15)30)14-22-25(36)32-29(40)34(27(22)38)18-7-11-20(42-2)12-8-18/h5-14,37H,3-4H2,1-2H3,(H,31,35,39)(H,32,36,40). The Morgan fingerprint density at radius 1 is 0.857 bits per heavy atom. The molecule has 0 unspecified atom stereocenters. The van der Waals surface area contributed by atoms with Gasteiger partial charge in [-0.25, -0.2) is 19.1 Å². The van der Waals surface area contributed by atoms with Crippen LogP contribution in [0.5, 0.6) is 17.4 Å². The van der Waals surface area contributed by atoms with E-state index in [1.165, 1.54) is 50.6 Å². The van der Waals surface area contributed by atoms with Gasteiger partial charge in [-0.15, -0.1) is 0 Å². The highest BCUT2D eigenvalue weighted by molar-refractivity contribution is 6.38. The number of carbonyl (C=O) groups excluding carboxylic acids is 3. The Bertz CT molecular complexity index is 1830. The Morgan fingerprint density at radius 2 is 1.45 bits per heavy atom. The molecule has 0 saturated carbocycles. The predicted octanol–water partition coefficient (Wildman–Crippen LogP) is 3.13. The van der Waals surface area contributed by atoms with Crippen LogP contribution in [0.15, 0.2) is 85.9 Å². The molecule has 5 rings (SSSR count). The number of halogens is 1. The number of nitrogens with one attached hydrogen (secondary N) is 2. The van der Waals surface area contributed by atoms with E-state index < -0.39 is 35.0 Å². The third-order valence-corrected chi connectivity index (χ3v) is 7.23. The lowest BCUT2D eigenvalue weighted by Gasteiger charge is -2.26. The maximum absolute atomic E-state index is 13.2. The topological polar surface area (TPSA) is 160 Å². The quantitative estimate of drug-likeness (QED) is 0.291. The normalized spacial score (nSPS) is 17.3. The SMILES string of the molecule is COc1ccc(N2C(=O)NC(=O)C(=CC3=C(Cl)C(=Cc4c(O)n(-c5ccc(OC)cc5)c(=O)[nH]c4=O)CC3)C2=O)cc1. The van der Waals surface area contributed by atoms with Crippen LogP contribution in [0.3, 0.4) is 0 Å². The molecule has 2 heterocycles. The summed E-state index contributed by atoms with van der Waals surface area (Å²) < 4.78 is 11.2. The Morgan fingerprint density at radius 3 is 2.05 bits per heavy atom. The van der Waals surface area contributed by atoms with Crippen molar-refractivity contribution in [2.45, 2.75) is 12.8 Å². The molecule has 3 N–H and O–H groups in total. The number of aromatic nitrogens is 2. The summed E-state index contributed by atoms with van der Waals surface area (Å²) in [4.78, 5) is 66.6. The van der Waals surface area contributed by atoms with Crippen LogP contribution < -0.4 is 30.9 Å². The number of imide groups is 2. The molecule has 3 aromatic rings. The molecular weight excluding hydrogens is 568 g/mol. The van der Waals surface area contributed by atoms with Crippen LogP contribution >= 0.6 is 11.6 Å². The maximum Gasteiger partial charge on any atom is 0.335 e. The summed E-state index contributed by atoms with van der Waals surface area (Å²) in [5, 5.41) is 13.2. The van der Waals surface area contributed by atoms with Gasteiger partial charge in [-0.3, -0.25) is 24.7 Å². The molecular formula is C29H23ClN4O8. The zero-order valence-corrected chi connectivity index (χ0v) is 23.0. The van der Waals surface area contributed by atoms with Crippen molar-refractivity contribution in [2.75, 3.05) is 19.1 Å². The highest BCUT2D eigenvalue weighted by atomic mass is 35.5. The maximum atomic E-state index is 13.2. The summed E-state index contributed by atoms with van der Waals surface area (Å²) in [6.07, 6.45) is 3.24. The highest BCUT2D eigenvalue weighted by Gasteiger charge is 2.37. The first kappa shape index (κ1) is 28.2. The first-order valence-electron chi connectivity index (χ1n) is 12.5. The average molecular weight is 591 g/mol. The predicted molar refractivity (Wildman–Crippen MR) is 153 cm³/mol. The van der Waals surface area contributed by atoms with Gasteiger partial charge in [0.15, 0.2) is 0 Å². The monoisotopic (exact) mass is 590 g/mol. The third kappa shape index (κ3) is 5.10. The minimum atomic E-state index is -0.902. The fraction of sp³-hybridized carbons (Fsp3) is 0.138. The summed E-state index contributed by atoms with van der Waals surface area (Å²) in [5.41, 5.74) is -0.858. The first-order chi connectivity index (χ1) is 20.1. The van der Waals surface area contributed by atoms with Crippen LogP contribution in [-0.4, -0.2) is 46.7 Å². The van der Waals surface area contributed by atoms with Crippen molar-refractivity contribution in [2.24, 2.45) is 0 Å². The molecule has 42 heavy (non-hydrogen) atoms. The summed E-state index contributed by atoms with van der Waals surface area (Å²) in [6, 6.07) is 11.5. The Hall–Kier alpha value is -5.36. The van der Waals surface area contributed by atoms with E-state index in [-0.39, 0.29) is 27.5 Å². The van der Waals surface area contributed by atoms with Crippen molar-refractivity contribution < 1.29 is 29.0 Å². The molecule has 2 aliphatic rings. The van der Waals surface area contributed by atoms with Gasteiger partial charge in [0.2, 0.25) is 5.88 Å². The van der Waals surface area contributed by atoms with Crippen LogP contribution in [-0.2, 0) is 9.59 Å². The summed E-state index contributed by atoms with van der Waals surface area (Å²) in [6.45, 7) is 0. The second kappa shape index (κ2) is 11.3. The average Bonchev–Trinajstić information content (AvgIpc) is 3.32. The number of benzene rings is 2. The lowest BCUT2D eigenvalue weighted by atomic mass is 10.1. The number of urea groups is 1. The Labute approximate surface area is 242 Å². The number of methoxy groups -OCH3 is 2. The number of nitrogens with zero attached hydrogens (tertiary/aromatic N) is 2. The zero-order chi connectivity index (χ0) is 30.1. The van der Waals surface area contributed by atoms with Gasteiger partial charge >= 0.3 is 11.7 Å². The van der Waals surface area contributed by atoms with Gasteiger partial charge in [0.1, 0.15) is 22.6 Å². The van der Waals surface area contributed by atoms with Crippen molar-refractivity contribution in [3.63, 3.8) is 0 Å². The van der Waals surface area contributed by atoms with Gasteiger partial charge in [-0.05, 0) is 84.7 Å². The number of rotatable bonds is 6. The number of anilines is 1. The minimum absolute atomic E-state index is 0.150. The molecule has 4 amide bonds. The van der Waals surface area contributed by atoms with E-state index in [4.69, 9.17) is 21.1 Å². The number of hydrogen-bond donors (Lipinski definition) is 3. The number of aromatic amines is 1. The van der Waals surface area contributed by atoms with Gasteiger partial charge in [-0.2, -0.15) is 0 Å². The molecule has 214 valence electrons. The number of allylic oxidation sites excluding steroid dienone is 4. The van der Waals surface area contributed by atoms with Gasteiger partial charge in [0, 0.05) is 5.03 Å². The van der Waals surface area contributed by atoms with Gasteiger partial charge in [0.05, 0.1) is 25.6 Å². The van der Waals surface area contributed by atoms with E-state index in [0.717, 1.165) is 9.47 Å². The summed E-state index contributed by atoms with van der Waals surface area (Å²) in [5.74, 6) is -1.28. The second-order valence-corrected chi connectivity index (χ2v) is 9.57. The number of ether oxygens (including phenoxy) is 2. The zero-order valence-electron chi connectivity index (χ0n) is 22.3. The van der Waals surface area contributed by atoms with Crippen molar-refractivity contribution in [3.05, 3.63) is 103 Å². The molecule has 1 aliphatic heterocycles. The van der Waals surface area contributed by atoms with Gasteiger partial charge in [-0.1, -0.05) is 11.6 Å². The van der Waals surface area contributed by atoms with Gasteiger partial charge < -0.3 is 14.6 Å². The van der Waals surface area contributed by atoms with Crippen molar-refractivity contribution in [3.8, 4) is 23.1 Å². The number of barbiturate groups is 1. The minimum Gasteiger partial charge on any atom is -0.497 e. The fourth-order valence-corrected chi connectivity index (χ4v) is 4.88. The molecule has 0 atom stereocenters. The number of amides is 4. The van der Waals surface area contributed by atoms with E-state index in [1.54, 1.807) is 24.3 Å². The largest absolute Gasteiger partial charge is 0.497 e. The molecule has 0 spiro atoms. The van der Waals surface area contributed by atoms with E-state index in [9.17, 15) is 29.1 Å². The fourth-order valence-electron chi connectivity index (χ4n) is 4.58. The van der Waals surface area contributed by atoms with E-state index in [0.29, 0.717) is 35.5 Å². The Kier molecular flexibility index (Phi) is 7.55. The van der Waals surface area contributed by atoms with E-state index in [2.05, 4.69) is 10.3 Å². The third-order valence-electron chi connectivity index (χ3n) is 6.75. The van der Waals surface area contributed by atoms with E-state index in [1.807, 2.05) is 0 Å². The Balaban J connectivity index is 1.50. The second-order valence-electron chi connectivity index (χ2n) is 9.19. The molecule has 12 nitrogen and oxygen atoms in total. The summed E-state index contributed by atoms with van der Waals surface area (Å²) >= 11 is 6.60. The molecule has 2 aromatic carbocycles. The molecule has 1 aromatic heterocycles. The molecule has 0 bridgehead atoms. The lowest BCUT2D eigenvalue weighted by Crippen LogP contribution is -2.54. The number of hydrogen-bond acceptors (Lipinski definition) is 8. The molecule has 13 heteroatoms. The number of aromatic hydroxyl groups is 1. The van der Waals surface area contributed by atoms with Crippen molar-refractivity contribution in [1.82, 2.24) is 14.9 Å². The van der Waals surface area contributed by atoms with Crippen LogP contribution in [0.25, 0.3) is 11.8 Å².